The van der Waals surface area contributed by atoms with Gasteiger partial charge in [0.2, 0.25) is 5.91 Å². The molecule has 0 aromatic heterocycles. The second-order valence-corrected chi connectivity index (χ2v) is 11.3. The van der Waals surface area contributed by atoms with Gasteiger partial charge in [0.1, 0.15) is 18.3 Å². The number of amides is 2. The lowest BCUT2D eigenvalue weighted by molar-refractivity contribution is -0.136. The molecule has 5 atom stereocenters. The van der Waals surface area contributed by atoms with Gasteiger partial charge in [0.15, 0.2) is 0 Å². The minimum atomic E-state index is -1.26. The Morgan fingerprint density at radius 2 is 1.96 bits per heavy atom. The Morgan fingerprint density at radius 1 is 1.30 bits per heavy atom. The molecule has 1 saturated heterocycles. The molecule has 2 aliphatic heterocycles. The molecule has 130 valence electrons. The number of rotatable bonds is 5. The molecule has 0 aromatic rings. The van der Waals surface area contributed by atoms with Crippen LogP contribution in [0.1, 0.15) is 19.8 Å². The third-order valence-electron chi connectivity index (χ3n) is 4.37. The predicted molar refractivity (Wildman–Crippen MR) is 91.1 cm³/mol. The minimum Gasteiger partial charge on any atom is -0.388 e. The molecular weight excluding hydrogens is 317 g/mol. The zero-order valence-electron chi connectivity index (χ0n) is 13.9. The van der Waals surface area contributed by atoms with Crippen LogP contribution in [0.15, 0.2) is 11.6 Å². The van der Waals surface area contributed by atoms with Crippen molar-refractivity contribution in [1.29, 1.82) is 0 Å². The highest BCUT2D eigenvalue weighted by Crippen LogP contribution is 2.39. The molecule has 0 saturated carbocycles. The largest absolute Gasteiger partial charge is 0.388 e. The van der Waals surface area contributed by atoms with Gasteiger partial charge in [-0.1, -0.05) is 13.0 Å². The second kappa shape index (κ2) is 6.89. The van der Waals surface area contributed by atoms with Gasteiger partial charge in [-0.15, -0.1) is 13.2 Å². The Bertz CT molecular complexity index is 567. The van der Waals surface area contributed by atoms with Crippen molar-refractivity contribution < 1.29 is 24.5 Å². The number of hydrogen-bond donors (Lipinski definition) is 3. The lowest BCUT2D eigenvalue weighted by atomic mass is 9.90. The van der Waals surface area contributed by atoms with Crippen molar-refractivity contribution in [2.24, 2.45) is 5.92 Å². The molecule has 7 heteroatoms. The number of aliphatic hydroxyl groups excluding tert-OH is 2. The van der Waals surface area contributed by atoms with E-state index in [9.17, 15) is 19.8 Å². The van der Waals surface area contributed by atoms with Crippen molar-refractivity contribution in [3.8, 4) is 0 Å². The number of imide groups is 1. The van der Waals surface area contributed by atoms with E-state index in [0.717, 1.165) is 6.16 Å². The van der Waals surface area contributed by atoms with E-state index >= 15 is 0 Å². The van der Waals surface area contributed by atoms with E-state index in [4.69, 9.17) is 4.74 Å². The summed E-state index contributed by atoms with van der Waals surface area (Å²) in [7, 11) is 0. The first-order chi connectivity index (χ1) is 10.6. The topological polar surface area (TPSA) is 95.9 Å². The van der Waals surface area contributed by atoms with Gasteiger partial charge in [-0.25, -0.2) is 0 Å². The van der Waals surface area contributed by atoms with Gasteiger partial charge in [-0.2, -0.15) is 0 Å². The number of hydrogen-bond acceptors (Lipinski definition) is 5. The zero-order chi connectivity index (χ0) is 17.4. The quantitative estimate of drug-likeness (QED) is 0.489. The minimum absolute atomic E-state index is 0.401. The van der Waals surface area contributed by atoms with Crippen LogP contribution < -0.4 is 5.32 Å². The molecule has 0 aliphatic carbocycles. The molecule has 1 fully saturated rings. The highest BCUT2D eigenvalue weighted by atomic mass is 31.2. The van der Waals surface area contributed by atoms with E-state index < -0.39 is 49.0 Å². The Morgan fingerprint density at radius 3 is 2.52 bits per heavy atom. The van der Waals surface area contributed by atoms with Crippen LogP contribution in [0.25, 0.3) is 0 Å². The average molecular weight is 343 g/mol. The van der Waals surface area contributed by atoms with Crippen LogP contribution in [0.2, 0.25) is 0 Å². The van der Waals surface area contributed by atoms with Gasteiger partial charge in [-0.3, -0.25) is 14.9 Å². The van der Waals surface area contributed by atoms with Crippen LogP contribution in [-0.2, 0) is 14.3 Å². The summed E-state index contributed by atoms with van der Waals surface area (Å²) in [6.07, 6.45) is 4.07. The van der Waals surface area contributed by atoms with Gasteiger partial charge in [0, 0.05) is 5.57 Å². The molecule has 2 rings (SSSR count). The van der Waals surface area contributed by atoms with E-state index in [1.54, 1.807) is 6.08 Å². The van der Waals surface area contributed by atoms with Gasteiger partial charge < -0.3 is 14.9 Å². The van der Waals surface area contributed by atoms with Crippen LogP contribution >= 0.6 is 6.89 Å². The highest BCUT2D eigenvalue weighted by Gasteiger charge is 2.48. The number of nitrogens with one attached hydrogen (secondary N) is 1. The first-order valence-corrected chi connectivity index (χ1v) is 10.9. The van der Waals surface area contributed by atoms with E-state index in [1.807, 2.05) is 6.92 Å². The summed E-state index contributed by atoms with van der Waals surface area (Å²) in [5.74, 6) is -1.66. The fraction of sp³-hybridized carbons (Fsp3) is 0.688. The standard InChI is InChI=1S/C16H26NO5P/c1-5-9-8-10(16(21)17-15(9)20)14-13(19)12(18)11(22-14)6-7-23(2,3)4/h8,10-14,18-19H,2,5-7H2,1,3-4H3,(H,17,20,21)/t10?,11-,12-,13-,14+/m1/s1. The Labute approximate surface area is 136 Å². The first kappa shape index (κ1) is 18.4. The normalized spacial score (nSPS) is 35.2. The first-order valence-electron chi connectivity index (χ1n) is 7.89. The average Bonchev–Trinajstić information content (AvgIpc) is 2.73. The fourth-order valence-corrected chi connectivity index (χ4v) is 3.91. The van der Waals surface area contributed by atoms with Gasteiger partial charge >= 0.3 is 0 Å². The summed E-state index contributed by atoms with van der Waals surface area (Å²) in [6, 6.07) is 0. The summed E-state index contributed by atoms with van der Waals surface area (Å²) in [5, 5.41) is 22.8. The Kier molecular flexibility index (Phi) is 5.52. The molecule has 2 aliphatic rings. The maximum Gasteiger partial charge on any atom is 0.253 e. The third kappa shape index (κ3) is 4.13. The predicted octanol–water partition coefficient (Wildman–Crippen LogP) is 0.184. The van der Waals surface area contributed by atoms with Crippen LogP contribution in [-0.4, -0.2) is 72.2 Å². The molecule has 23 heavy (non-hydrogen) atoms. The van der Waals surface area contributed by atoms with Crippen molar-refractivity contribution in [2.45, 2.75) is 44.2 Å². The van der Waals surface area contributed by atoms with Gasteiger partial charge in [-0.05, 0) is 32.3 Å². The molecule has 0 radical (unpaired) electrons. The van der Waals surface area contributed by atoms with Crippen molar-refractivity contribution in [1.82, 2.24) is 5.32 Å². The molecule has 2 amide bonds. The van der Waals surface area contributed by atoms with Crippen LogP contribution in [0.3, 0.4) is 0 Å². The van der Waals surface area contributed by atoms with Crippen molar-refractivity contribution >= 4 is 25.0 Å². The monoisotopic (exact) mass is 343 g/mol. The van der Waals surface area contributed by atoms with Crippen LogP contribution in [0, 0.1) is 5.92 Å². The fourth-order valence-electron chi connectivity index (χ4n) is 2.96. The molecule has 0 bridgehead atoms. The maximum atomic E-state index is 12.1. The number of carbonyl (C=O) groups is 2. The molecule has 0 spiro atoms. The summed E-state index contributed by atoms with van der Waals surface area (Å²) < 4.78 is 5.79. The van der Waals surface area contributed by atoms with E-state index in [1.165, 1.54) is 0 Å². The Balaban J connectivity index is 2.14. The molecule has 3 N–H and O–H groups in total. The molecule has 0 aromatic carbocycles. The Hall–Kier alpha value is -0.940. The molecule has 1 unspecified atom stereocenters. The lowest BCUT2D eigenvalue weighted by Gasteiger charge is -2.26. The lowest BCUT2D eigenvalue weighted by Crippen LogP contribution is -2.48. The van der Waals surface area contributed by atoms with Crippen molar-refractivity contribution in [2.75, 3.05) is 19.5 Å². The smallest absolute Gasteiger partial charge is 0.253 e. The third-order valence-corrected chi connectivity index (χ3v) is 5.83. The number of ether oxygens (including phenoxy) is 1. The van der Waals surface area contributed by atoms with Crippen molar-refractivity contribution in [3.63, 3.8) is 0 Å². The summed E-state index contributed by atoms with van der Waals surface area (Å²) in [4.78, 5) is 23.7. The summed E-state index contributed by atoms with van der Waals surface area (Å²) in [6.45, 7) is 4.75. The maximum absolute atomic E-state index is 12.1. The number of aliphatic hydroxyl groups is 2. The van der Waals surface area contributed by atoms with E-state index in [-0.39, 0.29) is 0 Å². The highest BCUT2D eigenvalue weighted by molar-refractivity contribution is 7.72. The van der Waals surface area contributed by atoms with Crippen LogP contribution in [0.4, 0.5) is 0 Å². The molecular formula is C16H26NO5P. The molecule has 2 heterocycles. The zero-order valence-corrected chi connectivity index (χ0v) is 14.8. The number of carbonyl (C=O) groups excluding carboxylic acids is 2. The second-order valence-electron chi connectivity index (χ2n) is 6.96. The van der Waals surface area contributed by atoms with Crippen molar-refractivity contribution in [3.05, 3.63) is 11.6 Å². The molecule has 6 nitrogen and oxygen atoms in total. The summed E-state index contributed by atoms with van der Waals surface area (Å²) >= 11 is 0. The van der Waals surface area contributed by atoms with E-state index in [0.29, 0.717) is 18.4 Å². The van der Waals surface area contributed by atoms with Crippen LogP contribution in [0.5, 0.6) is 0 Å². The van der Waals surface area contributed by atoms with Gasteiger partial charge in [0.05, 0.1) is 12.0 Å². The SMILES string of the molecule is C=P(C)(C)CC[C@H]1O[C@@H](C2C=C(CC)C(=O)NC2=O)[C@H](O)[C@@H]1O. The van der Waals surface area contributed by atoms with E-state index in [2.05, 4.69) is 24.9 Å². The van der Waals surface area contributed by atoms with Gasteiger partial charge in [0.25, 0.3) is 5.91 Å². The summed E-state index contributed by atoms with van der Waals surface area (Å²) in [5.41, 5.74) is 0.494.